The zero-order valence-electron chi connectivity index (χ0n) is 12.1. The van der Waals surface area contributed by atoms with E-state index in [4.69, 9.17) is 4.52 Å². The second kappa shape index (κ2) is 5.55. The van der Waals surface area contributed by atoms with Gasteiger partial charge in [-0.15, -0.1) is 0 Å². The topological polar surface area (TPSA) is 72.9 Å². The van der Waals surface area contributed by atoms with E-state index in [-0.39, 0.29) is 0 Å². The Morgan fingerprint density at radius 1 is 1.19 bits per heavy atom. The third-order valence-corrected chi connectivity index (χ3v) is 4.37. The minimum absolute atomic E-state index is 0.408. The van der Waals surface area contributed by atoms with Crippen molar-refractivity contribution in [1.82, 2.24) is 29.8 Å². The molecule has 1 saturated carbocycles. The van der Waals surface area contributed by atoms with Gasteiger partial charge >= 0.3 is 0 Å². The van der Waals surface area contributed by atoms with Gasteiger partial charge in [-0.3, -0.25) is 4.68 Å². The first-order valence-corrected chi connectivity index (χ1v) is 7.77. The van der Waals surface area contributed by atoms with Crippen LogP contribution < -0.4 is 0 Å². The van der Waals surface area contributed by atoms with Crippen molar-refractivity contribution in [3.8, 4) is 0 Å². The van der Waals surface area contributed by atoms with Crippen LogP contribution in [0.4, 0.5) is 0 Å². The molecule has 1 atom stereocenters. The summed E-state index contributed by atoms with van der Waals surface area (Å²) in [6.07, 6.45) is 8.10. The molecule has 1 aliphatic heterocycles. The van der Waals surface area contributed by atoms with E-state index in [1.54, 1.807) is 12.7 Å². The fraction of sp³-hybridized carbons (Fsp3) is 0.714. The lowest BCUT2D eigenvalue weighted by Gasteiger charge is -2.30. The summed E-state index contributed by atoms with van der Waals surface area (Å²) in [7, 11) is 0. The van der Waals surface area contributed by atoms with Gasteiger partial charge in [0.1, 0.15) is 12.7 Å². The first-order valence-electron chi connectivity index (χ1n) is 7.77. The van der Waals surface area contributed by atoms with Crippen LogP contribution >= 0.6 is 0 Å². The van der Waals surface area contributed by atoms with Gasteiger partial charge in [-0.1, -0.05) is 5.16 Å². The number of likely N-dealkylation sites (tertiary alicyclic amines) is 1. The summed E-state index contributed by atoms with van der Waals surface area (Å²) in [5.74, 6) is 2.70. The highest BCUT2D eigenvalue weighted by Crippen LogP contribution is 2.39. The molecular weight excluding hydrogens is 268 g/mol. The SMILES string of the molecule is c1ncn(CCN2CCCC(c3noc(C4CC4)n3)C2)n1. The summed E-state index contributed by atoms with van der Waals surface area (Å²) < 4.78 is 7.27. The van der Waals surface area contributed by atoms with Crippen LogP contribution in [0.25, 0.3) is 0 Å². The quantitative estimate of drug-likeness (QED) is 0.828. The van der Waals surface area contributed by atoms with Crippen LogP contribution in [-0.4, -0.2) is 49.4 Å². The highest BCUT2D eigenvalue weighted by molar-refractivity contribution is 5.05. The molecule has 0 N–H and O–H groups in total. The van der Waals surface area contributed by atoms with E-state index in [0.717, 1.165) is 44.3 Å². The monoisotopic (exact) mass is 288 g/mol. The van der Waals surface area contributed by atoms with Crippen molar-refractivity contribution in [3.05, 3.63) is 24.4 Å². The van der Waals surface area contributed by atoms with Gasteiger partial charge in [-0.25, -0.2) is 4.98 Å². The molecule has 7 heteroatoms. The molecule has 0 radical (unpaired) electrons. The maximum atomic E-state index is 5.39. The Bertz CT molecular complexity index is 576. The lowest BCUT2D eigenvalue weighted by molar-refractivity contribution is 0.193. The van der Waals surface area contributed by atoms with Crippen molar-refractivity contribution in [1.29, 1.82) is 0 Å². The van der Waals surface area contributed by atoms with Gasteiger partial charge in [-0.05, 0) is 32.2 Å². The smallest absolute Gasteiger partial charge is 0.229 e. The molecule has 21 heavy (non-hydrogen) atoms. The first kappa shape index (κ1) is 12.9. The van der Waals surface area contributed by atoms with Crippen molar-refractivity contribution < 1.29 is 4.52 Å². The Hall–Kier alpha value is -1.76. The molecule has 0 amide bonds. The average molecular weight is 288 g/mol. The summed E-state index contributed by atoms with van der Waals surface area (Å²) in [6.45, 7) is 4.02. The summed E-state index contributed by atoms with van der Waals surface area (Å²) in [4.78, 5) is 11.0. The second-order valence-corrected chi connectivity index (χ2v) is 6.06. The highest BCUT2D eigenvalue weighted by atomic mass is 16.5. The number of aromatic nitrogens is 5. The lowest BCUT2D eigenvalue weighted by Crippen LogP contribution is -2.36. The van der Waals surface area contributed by atoms with Gasteiger partial charge in [0.05, 0.1) is 6.54 Å². The van der Waals surface area contributed by atoms with Crippen molar-refractivity contribution in [3.63, 3.8) is 0 Å². The van der Waals surface area contributed by atoms with Crippen LogP contribution in [0.2, 0.25) is 0 Å². The van der Waals surface area contributed by atoms with E-state index in [0.29, 0.717) is 11.8 Å². The molecule has 0 aromatic carbocycles. The van der Waals surface area contributed by atoms with E-state index in [2.05, 4.69) is 25.1 Å². The molecule has 112 valence electrons. The van der Waals surface area contributed by atoms with Crippen LogP contribution in [-0.2, 0) is 6.54 Å². The third-order valence-electron chi connectivity index (χ3n) is 4.37. The van der Waals surface area contributed by atoms with E-state index >= 15 is 0 Å². The molecule has 7 nitrogen and oxygen atoms in total. The molecule has 2 fully saturated rings. The largest absolute Gasteiger partial charge is 0.339 e. The molecular formula is C14H20N6O. The molecule has 0 spiro atoms. The Morgan fingerprint density at radius 3 is 2.95 bits per heavy atom. The van der Waals surface area contributed by atoms with Crippen molar-refractivity contribution in [2.24, 2.45) is 0 Å². The fourth-order valence-corrected chi connectivity index (χ4v) is 2.97. The second-order valence-electron chi connectivity index (χ2n) is 6.06. The lowest BCUT2D eigenvalue weighted by atomic mass is 9.97. The number of piperidine rings is 1. The normalized spacial score (nSPS) is 23.5. The van der Waals surface area contributed by atoms with E-state index in [1.165, 1.54) is 19.3 Å². The summed E-state index contributed by atoms with van der Waals surface area (Å²) in [6, 6.07) is 0. The van der Waals surface area contributed by atoms with Gasteiger partial charge in [0, 0.05) is 24.9 Å². The van der Waals surface area contributed by atoms with Gasteiger partial charge < -0.3 is 9.42 Å². The number of nitrogens with zero attached hydrogens (tertiary/aromatic N) is 6. The molecule has 2 aromatic rings. The predicted octanol–water partition coefficient (Wildman–Crippen LogP) is 1.42. The van der Waals surface area contributed by atoms with Crippen LogP contribution in [0.3, 0.4) is 0 Å². The van der Waals surface area contributed by atoms with E-state index in [1.807, 2.05) is 4.68 Å². The molecule has 1 unspecified atom stereocenters. The van der Waals surface area contributed by atoms with Crippen LogP contribution in [0.5, 0.6) is 0 Å². The van der Waals surface area contributed by atoms with Crippen molar-refractivity contribution in [2.45, 2.75) is 44.1 Å². The van der Waals surface area contributed by atoms with Crippen molar-refractivity contribution in [2.75, 3.05) is 19.6 Å². The zero-order valence-corrected chi connectivity index (χ0v) is 12.1. The molecule has 3 heterocycles. The third kappa shape index (κ3) is 2.97. The number of hydrogen-bond donors (Lipinski definition) is 0. The Labute approximate surface area is 123 Å². The Morgan fingerprint density at radius 2 is 2.14 bits per heavy atom. The summed E-state index contributed by atoms with van der Waals surface area (Å²) in [5, 5.41) is 8.35. The minimum Gasteiger partial charge on any atom is -0.339 e. The predicted molar refractivity (Wildman–Crippen MR) is 74.7 cm³/mol. The molecule has 1 saturated heterocycles. The molecule has 4 rings (SSSR count). The van der Waals surface area contributed by atoms with Gasteiger partial charge in [0.25, 0.3) is 0 Å². The zero-order chi connectivity index (χ0) is 14.1. The Balaban J connectivity index is 1.35. The summed E-state index contributed by atoms with van der Waals surface area (Å²) >= 11 is 0. The maximum Gasteiger partial charge on any atom is 0.229 e. The molecule has 1 aliphatic carbocycles. The molecule has 2 aliphatic rings. The minimum atomic E-state index is 0.408. The van der Waals surface area contributed by atoms with Crippen LogP contribution in [0.1, 0.15) is 49.2 Å². The highest BCUT2D eigenvalue weighted by Gasteiger charge is 2.32. The average Bonchev–Trinajstić information content (AvgIpc) is 3.05. The van der Waals surface area contributed by atoms with Crippen LogP contribution in [0, 0.1) is 0 Å². The van der Waals surface area contributed by atoms with E-state index < -0.39 is 0 Å². The maximum absolute atomic E-state index is 5.39. The van der Waals surface area contributed by atoms with Crippen LogP contribution in [0.15, 0.2) is 17.2 Å². The summed E-state index contributed by atoms with van der Waals surface area (Å²) in [5.41, 5.74) is 0. The van der Waals surface area contributed by atoms with Crippen molar-refractivity contribution >= 4 is 0 Å². The van der Waals surface area contributed by atoms with Gasteiger partial charge in [0.15, 0.2) is 5.82 Å². The molecule has 2 aromatic heterocycles. The Kier molecular flexibility index (Phi) is 3.42. The number of hydrogen-bond acceptors (Lipinski definition) is 6. The standard InChI is InChI=1S/C14H20N6O/c1-2-12(13-17-14(21-18-13)11-3-4-11)8-19(5-1)6-7-20-10-15-9-16-20/h9-12H,1-8H2. The number of rotatable bonds is 5. The van der Waals surface area contributed by atoms with Gasteiger partial charge in [-0.2, -0.15) is 10.1 Å². The fourth-order valence-electron chi connectivity index (χ4n) is 2.97. The first-order chi connectivity index (χ1) is 10.4. The van der Waals surface area contributed by atoms with Gasteiger partial charge in [0.2, 0.25) is 5.89 Å². The van der Waals surface area contributed by atoms with E-state index in [9.17, 15) is 0 Å². The molecule has 0 bridgehead atoms.